The SMILES string of the molecule is O=C(Nc1cccc(NS(=O)(=O)C(F)(F)F)c1)NC1N=C(c2ccccc2)c2ccccc2N(CC(=O)N2CCCC2)C1=O. The van der Waals surface area contributed by atoms with Gasteiger partial charge in [0.2, 0.25) is 12.1 Å². The van der Waals surface area contributed by atoms with E-state index in [4.69, 9.17) is 0 Å². The van der Waals surface area contributed by atoms with Crippen LogP contribution in [0.3, 0.4) is 0 Å². The number of carbonyl (C=O) groups excluding carboxylic acids is 3. The van der Waals surface area contributed by atoms with E-state index in [0.717, 1.165) is 25.0 Å². The number of amides is 4. The van der Waals surface area contributed by atoms with Gasteiger partial charge in [-0.3, -0.25) is 19.2 Å². The summed E-state index contributed by atoms with van der Waals surface area (Å²) in [6.07, 6.45) is 0.220. The van der Waals surface area contributed by atoms with Gasteiger partial charge in [0.1, 0.15) is 6.54 Å². The lowest BCUT2D eigenvalue weighted by atomic mass is 10.0. The lowest BCUT2D eigenvalue weighted by molar-refractivity contribution is -0.130. The van der Waals surface area contributed by atoms with E-state index < -0.39 is 39.3 Å². The molecule has 2 aliphatic rings. The van der Waals surface area contributed by atoms with Crippen molar-refractivity contribution in [3.8, 4) is 0 Å². The first kappa shape index (κ1) is 30.5. The van der Waals surface area contributed by atoms with Gasteiger partial charge in [-0.15, -0.1) is 0 Å². The van der Waals surface area contributed by atoms with Gasteiger partial charge in [-0.05, 0) is 37.1 Å². The Morgan fingerprint density at radius 2 is 1.57 bits per heavy atom. The molecule has 0 aromatic heterocycles. The zero-order valence-electron chi connectivity index (χ0n) is 23.0. The molecule has 3 N–H and O–H groups in total. The number of para-hydroxylation sites is 1. The van der Waals surface area contributed by atoms with Gasteiger partial charge >= 0.3 is 21.6 Å². The Bertz CT molecular complexity index is 1710. The van der Waals surface area contributed by atoms with Gasteiger partial charge in [0.05, 0.1) is 17.1 Å². The Balaban J connectivity index is 1.44. The van der Waals surface area contributed by atoms with Gasteiger partial charge in [-0.2, -0.15) is 21.6 Å². The molecule has 2 aliphatic heterocycles. The van der Waals surface area contributed by atoms with Crippen LogP contribution in [0.1, 0.15) is 24.0 Å². The van der Waals surface area contributed by atoms with Crippen molar-refractivity contribution in [3.63, 3.8) is 0 Å². The zero-order chi connectivity index (χ0) is 31.5. The van der Waals surface area contributed by atoms with Crippen molar-refractivity contribution in [2.45, 2.75) is 24.5 Å². The van der Waals surface area contributed by atoms with Crippen LogP contribution in [-0.4, -0.2) is 68.2 Å². The van der Waals surface area contributed by atoms with E-state index in [2.05, 4.69) is 15.6 Å². The van der Waals surface area contributed by atoms with E-state index in [0.29, 0.717) is 35.6 Å². The van der Waals surface area contributed by atoms with E-state index in [1.165, 1.54) is 21.8 Å². The number of urea groups is 1. The molecule has 15 heteroatoms. The molecule has 0 aliphatic carbocycles. The van der Waals surface area contributed by atoms with Gasteiger partial charge in [-0.1, -0.05) is 54.6 Å². The van der Waals surface area contributed by atoms with Crippen LogP contribution < -0.4 is 20.3 Å². The van der Waals surface area contributed by atoms with Crippen LogP contribution in [0.2, 0.25) is 0 Å². The number of hydrogen-bond donors (Lipinski definition) is 3. The smallest absolute Gasteiger partial charge is 0.341 e. The van der Waals surface area contributed by atoms with Gasteiger partial charge < -0.3 is 15.5 Å². The minimum atomic E-state index is -5.69. The number of rotatable bonds is 7. The average Bonchev–Trinajstić information content (AvgIpc) is 3.50. The molecule has 1 fully saturated rings. The Morgan fingerprint density at radius 1 is 0.909 bits per heavy atom. The lowest BCUT2D eigenvalue weighted by Crippen LogP contribution is -2.51. The van der Waals surface area contributed by atoms with Crippen LogP contribution in [0.15, 0.2) is 83.9 Å². The highest BCUT2D eigenvalue weighted by Gasteiger charge is 2.46. The molecule has 1 atom stereocenters. The topological polar surface area (TPSA) is 140 Å². The minimum Gasteiger partial charge on any atom is -0.341 e. The summed E-state index contributed by atoms with van der Waals surface area (Å²) >= 11 is 0. The fraction of sp³-hybridized carbons (Fsp3) is 0.241. The van der Waals surface area contributed by atoms with Gasteiger partial charge in [0.25, 0.3) is 5.91 Å². The summed E-state index contributed by atoms with van der Waals surface area (Å²) < 4.78 is 62.8. The van der Waals surface area contributed by atoms with Crippen molar-refractivity contribution in [2.75, 3.05) is 34.6 Å². The van der Waals surface area contributed by atoms with Crippen molar-refractivity contribution in [2.24, 2.45) is 4.99 Å². The summed E-state index contributed by atoms with van der Waals surface area (Å²) in [4.78, 5) is 47.8. The number of carbonyl (C=O) groups is 3. The van der Waals surface area contributed by atoms with E-state index in [1.807, 2.05) is 6.07 Å². The molecular weight excluding hydrogens is 601 g/mol. The Kier molecular flexibility index (Phi) is 8.58. The number of halogens is 3. The van der Waals surface area contributed by atoms with Crippen LogP contribution in [-0.2, 0) is 19.6 Å². The third-order valence-corrected chi connectivity index (χ3v) is 8.07. The van der Waals surface area contributed by atoms with Crippen molar-refractivity contribution < 1.29 is 36.0 Å². The van der Waals surface area contributed by atoms with Crippen molar-refractivity contribution in [1.29, 1.82) is 0 Å². The number of benzodiazepines with no additional fused rings is 1. The summed E-state index contributed by atoms with van der Waals surface area (Å²) in [6.45, 7) is 0.877. The highest BCUT2D eigenvalue weighted by molar-refractivity contribution is 7.93. The van der Waals surface area contributed by atoms with Gasteiger partial charge in [-0.25, -0.2) is 9.79 Å². The summed E-state index contributed by atoms with van der Waals surface area (Å²) in [5.41, 5.74) is -4.02. The normalized spacial score (nSPS) is 16.9. The fourth-order valence-corrected chi connectivity index (χ4v) is 5.43. The molecule has 1 saturated heterocycles. The first-order valence-electron chi connectivity index (χ1n) is 13.5. The third-order valence-electron chi connectivity index (χ3n) is 6.95. The first-order chi connectivity index (χ1) is 20.9. The predicted octanol–water partition coefficient (Wildman–Crippen LogP) is 3.90. The second kappa shape index (κ2) is 12.4. The van der Waals surface area contributed by atoms with Crippen LogP contribution >= 0.6 is 0 Å². The van der Waals surface area contributed by atoms with Crippen molar-refractivity contribution >= 4 is 50.6 Å². The summed E-state index contributed by atoms with van der Waals surface area (Å²) in [6, 6.07) is 19.6. The Morgan fingerprint density at radius 3 is 2.27 bits per heavy atom. The van der Waals surface area contributed by atoms with E-state index in [-0.39, 0.29) is 18.1 Å². The lowest BCUT2D eigenvalue weighted by Gasteiger charge is -2.27. The minimum absolute atomic E-state index is 0.0671. The molecule has 230 valence electrons. The maximum atomic E-state index is 14.0. The highest BCUT2D eigenvalue weighted by Crippen LogP contribution is 2.29. The molecule has 0 radical (unpaired) electrons. The number of hydrogen-bond acceptors (Lipinski definition) is 6. The highest BCUT2D eigenvalue weighted by atomic mass is 32.2. The molecule has 4 amide bonds. The predicted molar refractivity (Wildman–Crippen MR) is 158 cm³/mol. The maximum absolute atomic E-state index is 14.0. The number of nitrogens with zero attached hydrogens (tertiary/aromatic N) is 3. The summed E-state index contributed by atoms with van der Waals surface area (Å²) in [5, 5.41) is 4.87. The molecular formula is C29H27F3N6O5S. The Hall–Kier alpha value is -4.92. The standard InChI is InChI=1S/C29H27F3N6O5S/c30-29(31,32)44(42,43)36-21-12-8-11-20(17-21)33-28(41)35-26-27(40)38(18-24(39)37-15-6-7-16-37)23-14-5-4-13-22(23)25(34-26)19-9-2-1-3-10-19/h1-5,8-14,17,26,36H,6-7,15-16,18H2,(H2,33,35,41). The van der Waals surface area contributed by atoms with Crippen molar-refractivity contribution in [1.82, 2.24) is 10.2 Å². The molecule has 2 heterocycles. The van der Waals surface area contributed by atoms with Gasteiger partial charge in [0.15, 0.2) is 0 Å². The summed E-state index contributed by atoms with van der Waals surface area (Å²) in [7, 11) is -5.69. The van der Waals surface area contributed by atoms with Crippen LogP contribution in [0, 0.1) is 0 Å². The largest absolute Gasteiger partial charge is 0.516 e. The number of fused-ring (bicyclic) bond motifs is 1. The molecule has 3 aromatic rings. The Labute approximate surface area is 250 Å². The molecule has 5 rings (SSSR count). The number of sulfonamides is 1. The molecule has 0 spiro atoms. The number of aliphatic imine (C=N–C) groups is 1. The molecule has 1 unspecified atom stereocenters. The van der Waals surface area contributed by atoms with Crippen molar-refractivity contribution in [3.05, 3.63) is 90.0 Å². The molecule has 0 saturated carbocycles. The summed E-state index contributed by atoms with van der Waals surface area (Å²) in [5.74, 6) is -0.937. The molecule has 0 bridgehead atoms. The number of nitrogens with one attached hydrogen (secondary N) is 3. The second-order valence-electron chi connectivity index (χ2n) is 10.0. The third kappa shape index (κ3) is 6.67. The number of alkyl halides is 3. The van der Waals surface area contributed by atoms with Crippen LogP contribution in [0.4, 0.5) is 35.0 Å². The maximum Gasteiger partial charge on any atom is 0.516 e. The van der Waals surface area contributed by atoms with E-state index >= 15 is 0 Å². The zero-order valence-corrected chi connectivity index (χ0v) is 23.9. The molecule has 11 nitrogen and oxygen atoms in total. The number of likely N-dealkylation sites (tertiary alicyclic amines) is 1. The fourth-order valence-electron chi connectivity index (χ4n) is 4.88. The van der Waals surface area contributed by atoms with Gasteiger partial charge in [0, 0.05) is 29.9 Å². The quantitative estimate of drug-likeness (QED) is 0.364. The first-order valence-corrected chi connectivity index (χ1v) is 15.0. The molecule has 44 heavy (non-hydrogen) atoms. The second-order valence-corrected chi connectivity index (χ2v) is 11.7. The van der Waals surface area contributed by atoms with E-state index in [9.17, 15) is 36.0 Å². The molecule has 3 aromatic carbocycles. The monoisotopic (exact) mass is 628 g/mol. The number of anilines is 3. The van der Waals surface area contributed by atoms with Crippen LogP contribution in [0.25, 0.3) is 0 Å². The average molecular weight is 629 g/mol. The van der Waals surface area contributed by atoms with E-state index in [1.54, 1.807) is 53.4 Å². The van der Waals surface area contributed by atoms with Crippen LogP contribution in [0.5, 0.6) is 0 Å². The number of benzene rings is 3.